The lowest BCUT2D eigenvalue weighted by Crippen LogP contribution is -2.39. The molecule has 2 aliphatic heterocycles. The lowest BCUT2D eigenvalue weighted by Gasteiger charge is -2.29. The number of carbonyl (C=O) groups excluding carboxylic acids is 2. The Bertz CT molecular complexity index is 1030. The summed E-state index contributed by atoms with van der Waals surface area (Å²) in [6.07, 6.45) is 0.607. The number of ketones is 1. The van der Waals surface area contributed by atoms with Gasteiger partial charge < -0.3 is 14.7 Å². The van der Waals surface area contributed by atoms with Gasteiger partial charge in [-0.05, 0) is 48.4 Å². The van der Waals surface area contributed by atoms with Gasteiger partial charge in [-0.1, -0.05) is 12.1 Å². The first kappa shape index (κ1) is 22.1. The Morgan fingerprint density at radius 3 is 2.41 bits per heavy atom. The van der Waals surface area contributed by atoms with Crippen LogP contribution in [0.15, 0.2) is 54.1 Å². The number of benzene rings is 2. The monoisotopic (exact) mass is 442 g/mol. The van der Waals surface area contributed by atoms with E-state index < -0.39 is 35.1 Å². The molecule has 0 unspecified atom stereocenters. The van der Waals surface area contributed by atoms with Crippen molar-refractivity contribution in [2.24, 2.45) is 0 Å². The van der Waals surface area contributed by atoms with Crippen LogP contribution in [0.3, 0.4) is 0 Å². The fourth-order valence-electron chi connectivity index (χ4n) is 4.19. The van der Waals surface area contributed by atoms with E-state index in [1.165, 1.54) is 35.2 Å². The molecule has 2 aliphatic rings. The predicted octanol–water partition coefficient (Wildman–Crippen LogP) is 3.11. The zero-order valence-electron chi connectivity index (χ0n) is 17.5. The molecule has 0 aromatic heterocycles. The Morgan fingerprint density at radius 2 is 1.72 bits per heavy atom. The summed E-state index contributed by atoms with van der Waals surface area (Å²) in [5, 5.41) is 10.9. The van der Waals surface area contributed by atoms with Crippen LogP contribution >= 0.6 is 0 Å². The Morgan fingerprint density at radius 1 is 1.00 bits per heavy atom. The van der Waals surface area contributed by atoms with Crippen molar-refractivity contribution in [1.29, 1.82) is 0 Å². The zero-order valence-corrected chi connectivity index (χ0v) is 17.5. The molecule has 32 heavy (non-hydrogen) atoms. The average Bonchev–Trinajstić information content (AvgIpc) is 3.05. The summed E-state index contributed by atoms with van der Waals surface area (Å²) in [7, 11) is 0. The maximum atomic E-state index is 14.0. The highest BCUT2D eigenvalue weighted by Gasteiger charge is 2.45. The number of halogens is 2. The van der Waals surface area contributed by atoms with Crippen LogP contribution in [0.4, 0.5) is 8.78 Å². The van der Waals surface area contributed by atoms with Crippen LogP contribution < -0.4 is 0 Å². The van der Waals surface area contributed by atoms with Crippen molar-refractivity contribution >= 4 is 17.4 Å². The normalized spacial score (nSPS) is 21.3. The molecule has 1 N–H and O–H groups in total. The van der Waals surface area contributed by atoms with E-state index in [1.807, 2.05) is 0 Å². The lowest BCUT2D eigenvalue weighted by atomic mass is 9.95. The van der Waals surface area contributed by atoms with Crippen molar-refractivity contribution in [3.05, 3.63) is 76.9 Å². The highest BCUT2D eigenvalue weighted by Crippen LogP contribution is 2.39. The minimum Gasteiger partial charge on any atom is -0.507 e. The van der Waals surface area contributed by atoms with E-state index in [9.17, 15) is 23.5 Å². The van der Waals surface area contributed by atoms with Gasteiger partial charge in [0.25, 0.3) is 11.7 Å². The summed E-state index contributed by atoms with van der Waals surface area (Å²) in [5.41, 5.74) is 0.469. The van der Waals surface area contributed by atoms with Gasteiger partial charge in [0.1, 0.15) is 17.4 Å². The van der Waals surface area contributed by atoms with Crippen LogP contribution in [0.1, 0.15) is 23.6 Å². The van der Waals surface area contributed by atoms with Gasteiger partial charge in [-0.15, -0.1) is 0 Å². The van der Waals surface area contributed by atoms with Crippen molar-refractivity contribution in [3.63, 3.8) is 0 Å². The van der Waals surface area contributed by atoms with Crippen molar-refractivity contribution in [2.45, 2.75) is 12.5 Å². The number of aliphatic hydroxyl groups is 1. The first-order valence-electron chi connectivity index (χ1n) is 10.6. The minimum absolute atomic E-state index is 0.126. The van der Waals surface area contributed by atoms with Gasteiger partial charge in [0.2, 0.25) is 0 Å². The Hall–Kier alpha value is -3.10. The van der Waals surface area contributed by atoms with E-state index in [2.05, 4.69) is 4.90 Å². The number of amides is 1. The van der Waals surface area contributed by atoms with Gasteiger partial charge in [0.05, 0.1) is 24.8 Å². The summed E-state index contributed by atoms with van der Waals surface area (Å²) < 4.78 is 32.7. The largest absolute Gasteiger partial charge is 0.507 e. The lowest BCUT2D eigenvalue weighted by molar-refractivity contribution is -0.140. The summed E-state index contributed by atoms with van der Waals surface area (Å²) in [5.74, 6) is -3.00. The van der Waals surface area contributed by atoms with Crippen molar-refractivity contribution in [1.82, 2.24) is 9.80 Å². The number of morpholine rings is 1. The first-order chi connectivity index (χ1) is 15.5. The van der Waals surface area contributed by atoms with Gasteiger partial charge in [-0.25, -0.2) is 8.78 Å². The number of rotatable bonds is 6. The number of hydrogen-bond acceptors (Lipinski definition) is 5. The van der Waals surface area contributed by atoms with Gasteiger partial charge in [-0.2, -0.15) is 0 Å². The molecule has 168 valence electrons. The second kappa shape index (κ2) is 9.58. The molecule has 6 nitrogen and oxygen atoms in total. The number of Topliss-reactive ketones (excluding diaryl/α,β-unsaturated/α-hetero) is 1. The third-order valence-electron chi connectivity index (χ3n) is 5.80. The van der Waals surface area contributed by atoms with Crippen LogP contribution in [-0.2, 0) is 14.3 Å². The van der Waals surface area contributed by atoms with E-state index in [4.69, 9.17) is 4.74 Å². The van der Waals surface area contributed by atoms with Crippen LogP contribution in [0.25, 0.3) is 5.76 Å². The minimum atomic E-state index is -0.930. The van der Waals surface area contributed by atoms with Crippen molar-refractivity contribution < 1.29 is 28.2 Å². The second-order valence-corrected chi connectivity index (χ2v) is 7.86. The predicted molar refractivity (Wildman–Crippen MR) is 114 cm³/mol. The molecule has 0 aliphatic carbocycles. The first-order valence-corrected chi connectivity index (χ1v) is 10.6. The molecule has 2 saturated heterocycles. The van der Waals surface area contributed by atoms with Crippen LogP contribution in [0.2, 0.25) is 0 Å². The van der Waals surface area contributed by atoms with Gasteiger partial charge in [0, 0.05) is 31.7 Å². The Labute approximate surface area is 184 Å². The average molecular weight is 442 g/mol. The molecule has 0 radical (unpaired) electrons. The van der Waals surface area contributed by atoms with Gasteiger partial charge in [0.15, 0.2) is 0 Å². The Kier molecular flexibility index (Phi) is 6.62. The number of hydrogen-bond donors (Lipinski definition) is 1. The topological polar surface area (TPSA) is 70.1 Å². The molecule has 0 spiro atoms. The number of ether oxygens (including phenoxy) is 1. The van der Waals surface area contributed by atoms with Crippen LogP contribution in [0.5, 0.6) is 0 Å². The smallest absolute Gasteiger partial charge is 0.295 e. The molecule has 1 atom stereocenters. The van der Waals surface area contributed by atoms with E-state index in [-0.39, 0.29) is 17.7 Å². The van der Waals surface area contributed by atoms with E-state index in [0.29, 0.717) is 25.2 Å². The quantitative estimate of drug-likeness (QED) is 0.423. The van der Waals surface area contributed by atoms with E-state index >= 15 is 0 Å². The molecule has 2 aromatic carbocycles. The van der Waals surface area contributed by atoms with Crippen molar-refractivity contribution in [2.75, 3.05) is 39.4 Å². The van der Waals surface area contributed by atoms with Gasteiger partial charge >= 0.3 is 0 Å². The Balaban J connectivity index is 1.67. The number of carbonyl (C=O) groups is 2. The molecule has 4 rings (SSSR count). The third-order valence-corrected chi connectivity index (χ3v) is 5.80. The van der Waals surface area contributed by atoms with Crippen LogP contribution in [-0.4, -0.2) is 66.0 Å². The van der Waals surface area contributed by atoms with Crippen molar-refractivity contribution in [3.8, 4) is 0 Å². The molecule has 1 amide bonds. The number of nitrogens with zero attached hydrogens (tertiary/aromatic N) is 2. The summed E-state index contributed by atoms with van der Waals surface area (Å²) >= 11 is 0. The summed E-state index contributed by atoms with van der Waals surface area (Å²) in [6, 6.07) is 9.69. The third kappa shape index (κ3) is 4.56. The molecule has 2 heterocycles. The fraction of sp³-hybridized carbons (Fsp3) is 0.333. The maximum Gasteiger partial charge on any atom is 0.295 e. The fourth-order valence-corrected chi connectivity index (χ4v) is 4.19. The molecular weight excluding hydrogens is 418 g/mol. The van der Waals surface area contributed by atoms with Crippen LogP contribution in [0, 0.1) is 11.6 Å². The summed E-state index contributed by atoms with van der Waals surface area (Å²) in [6.45, 7) is 3.91. The van der Waals surface area contributed by atoms with E-state index in [0.717, 1.165) is 31.8 Å². The highest BCUT2D eigenvalue weighted by atomic mass is 19.1. The standard InChI is InChI=1S/C24H24F2N2O4/c25-18-7-5-16(6-8-18)22(29)20-21(17-3-1-4-19(26)15-17)28(24(31)23(20)30)10-2-9-27-11-13-32-14-12-27/h1,3-8,15,21,29H,2,9-14H2/t21-/m0/s1. The van der Waals surface area contributed by atoms with E-state index in [1.54, 1.807) is 6.07 Å². The zero-order chi connectivity index (χ0) is 22.7. The SMILES string of the molecule is O=C1C(=O)N(CCCN2CCOCC2)[C@@H](c2cccc(F)c2)C1=C(O)c1ccc(F)cc1. The molecule has 2 aromatic rings. The maximum absolute atomic E-state index is 14.0. The molecular formula is C24H24F2N2O4. The number of likely N-dealkylation sites (tertiary alicyclic amines) is 1. The molecule has 0 saturated carbocycles. The summed E-state index contributed by atoms with van der Waals surface area (Å²) in [4.78, 5) is 29.4. The molecule has 0 bridgehead atoms. The second-order valence-electron chi connectivity index (χ2n) is 7.86. The number of aliphatic hydroxyl groups excluding tert-OH is 1. The highest BCUT2D eigenvalue weighted by molar-refractivity contribution is 6.46. The molecule has 8 heteroatoms. The molecule has 2 fully saturated rings. The van der Waals surface area contributed by atoms with Gasteiger partial charge in [-0.3, -0.25) is 14.5 Å².